The molecule has 1 N–H and O–H groups in total. The van der Waals surface area contributed by atoms with E-state index in [-0.39, 0.29) is 11.5 Å². The van der Waals surface area contributed by atoms with Crippen molar-refractivity contribution in [2.45, 2.75) is 13.5 Å². The second-order valence-electron chi connectivity index (χ2n) is 8.18. The van der Waals surface area contributed by atoms with Crippen LogP contribution in [0, 0.1) is 6.92 Å². The van der Waals surface area contributed by atoms with E-state index in [0.29, 0.717) is 28.6 Å². The van der Waals surface area contributed by atoms with E-state index < -0.39 is 5.97 Å². The minimum atomic E-state index is -0.965. The first kappa shape index (κ1) is 21.7. The molecule has 3 aromatic carbocycles. The largest absolute Gasteiger partial charge is 0.478 e. The van der Waals surface area contributed by atoms with E-state index in [0.717, 1.165) is 22.5 Å². The second kappa shape index (κ2) is 8.35. The normalized spacial score (nSPS) is 12.9. The molecular weight excluding hydrogens is 452 g/mol. The van der Waals surface area contributed by atoms with Gasteiger partial charge in [-0.25, -0.2) is 4.79 Å². The van der Waals surface area contributed by atoms with Gasteiger partial charge in [-0.05, 0) is 60.5 Å². The Morgan fingerprint density at radius 3 is 2.50 bits per heavy atom. The van der Waals surface area contributed by atoms with E-state index in [1.165, 1.54) is 0 Å². The Kier molecular flexibility index (Phi) is 5.34. The van der Waals surface area contributed by atoms with Gasteiger partial charge >= 0.3 is 5.97 Å². The molecule has 34 heavy (non-hydrogen) atoms. The summed E-state index contributed by atoms with van der Waals surface area (Å²) >= 11 is 6.31. The van der Waals surface area contributed by atoms with E-state index >= 15 is 0 Å². The first-order chi connectivity index (χ1) is 16.3. The van der Waals surface area contributed by atoms with Crippen molar-refractivity contribution >= 4 is 46.4 Å². The van der Waals surface area contributed by atoms with Crippen LogP contribution in [0.2, 0.25) is 5.02 Å². The monoisotopic (exact) mass is 472 g/mol. The molecule has 1 amide bonds. The van der Waals surface area contributed by atoms with E-state index in [1.807, 2.05) is 55.3 Å². The van der Waals surface area contributed by atoms with Gasteiger partial charge in [-0.3, -0.25) is 14.4 Å². The van der Waals surface area contributed by atoms with Crippen LogP contribution >= 0.6 is 11.6 Å². The van der Waals surface area contributed by atoms with Crippen molar-refractivity contribution in [1.29, 1.82) is 0 Å². The van der Waals surface area contributed by atoms with Crippen molar-refractivity contribution in [3.63, 3.8) is 0 Å². The number of anilines is 4. The van der Waals surface area contributed by atoms with Crippen LogP contribution in [-0.4, -0.2) is 33.8 Å². The highest BCUT2D eigenvalue weighted by atomic mass is 35.5. The van der Waals surface area contributed by atoms with Gasteiger partial charge in [-0.1, -0.05) is 35.9 Å². The Labute approximate surface area is 201 Å². The van der Waals surface area contributed by atoms with Gasteiger partial charge in [0.2, 0.25) is 0 Å². The van der Waals surface area contributed by atoms with Gasteiger partial charge in [0.15, 0.2) is 5.82 Å². The van der Waals surface area contributed by atoms with Crippen LogP contribution in [0.15, 0.2) is 72.9 Å². The highest BCUT2D eigenvalue weighted by Gasteiger charge is 2.33. The number of aromatic nitrogens is 2. The van der Waals surface area contributed by atoms with Gasteiger partial charge in [0.25, 0.3) is 5.91 Å². The molecule has 1 aliphatic rings. The van der Waals surface area contributed by atoms with E-state index in [9.17, 15) is 14.7 Å². The number of amides is 1. The summed E-state index contributed by atoms with van der Waals surface area (Å²) in [7, 11) is 1.87. The average molecular weight is 473 g/mol. The van der Waals surface area contributed by atoms with E-state index in [4.69, 9.17) is 16.7 Å². The zero-order valence-electron chi connectivity index (χ0n) is 18.6. The Morgan fingerprint density at radius 2 is 1.79 bits per heavy atom. The number of hydrogen-bond donors (Lipinski definition) is 1. The molecule has 0 fully saturated rings. The van der Waals surface area contributed by atoms with Crippen molar-refractivity contribution < 1.29 is 14.7 Å². The van der Waals surface area contributed by atoms with Gasteiger partial charge in [-0.15, -0.1) is 0 Å². The van der Waals surface area contributed by atoms with E-state index in [2.05, 4.69) is 0 Å². The summed E-state index contributed by atoms with van der Waals surface area (Å²) in [6, 6.07) is 19.9. The summed E-state index contributed by atoms with van der Waals surface area (Å²) in [4.78, 5) is 28.6. The molecule has 2 heterocycles. The number of benzene rings is 3. The molecule has 5 rings (SSSR count). The third-order valence-corrected chi connectivity index (χ3v) is 6.20. The molecule has 0 unspecified atom stereocenters. The SMILES string of the molecule is Cc1cc(C(=O)O)ccc1Cn1cc2c(n1)N(C)c1ccc(Cl)cc1N(c1ccccc1)C2=O. The molecular formula is C26H21ClN4O3. The minimum Gasteiger partial charge on any atom is -0.478 e. The number of rotatable bonds is 4. The molecule has 4 aromatic rings. The van der Waals surface area contributed by atoms with Gasteiger partial charge in [0.05, 0.1) is 23.5 Å². The molecule has 0 spiro atoms. The number of aromatic carboxylic acids is 1. The quantitative estimate of drug-likeness (QED) is 0.415. The fourth-order valence-electron chi connectivity index (χ4n) is 4.21. The van der Waals surface area contributed by atoms with Gasteiger partial charge in [0.1, 0.15) is 5.56 Å². The summed E-state index contributed by atoms with van der Waals surface area (Å²) in [6.45, 7) is 2.27. The molecule has 0 aliphatic carbocycles. The molecule has 7 nitrogen and oxygen atoms in total. The molecule has 0 saturated heterocycles. The lowest BCUT2D eigenvalue weighted by Gasteiger charge is -2.25. The molecule has 0 atom stereocenters. The number of para-hydroxylation sites is 1. The number of carboxylic acid groups (broad SMARTS) is 1. The lowest BCUT2D eigenvalue weighted by Crippen LogP contribution is -2.25. The summed E-state index contributed by atoms with van der Waals surface area (Å²) in [5.74, 6) is -0.641. The fraction of sp³-hybridized carbons (Fsp3) is 0.115. The predicted molar refractivity (Wildman–Crippen MR) is 132 cm³/mol. The third-order valence-electron chi connectivity index (χ3n) is 5.97. The van der Waals surface area contributed by atoms with Gasteiger partial charge < -0.3 is 10.0 Å². The van der Waals surface area contributed by atoms with Crippen molar-refractivity contribution in [2.24, 2.45) is 0 Å². The lowest BCUT2D eigenvalue weighted by atomic mass is 10.1. The van der Waals surface area contributed by atoms with Crippen molar-refractivity contribution in [3.05, 3.63) is 100 Å². The van der Waals surface area contributed by atoms with Crippen molar-refractivity contribution in [3.8, 4) is 0 Å². The Morgan fingerprint density at radius 1 is 1.03 bits per heavy atom. The molecule has 1 aromatic heterocycles. The van der Waals surface area contributed by atoms with E-state index in [1.54, 1.807) is 46.1 Å². The van der Waals surface area contributed by atoms with Gasteiger partial charge in [-0.2, -0.15) is 5.10 Å². The van der Waals surface area contributed by atoms with Crippen LogP contribution in [0.4, 0.5) is 22.9 Å². The molecule has 8 heteroatoms. The smallest absolute Gasteiger partial charge is 0.335 e. The zero-order chi connectivity index (χ0) is 24.0. The van der Waals surface area contributed by atoms with Gasteiger partial charge in [0, 0.05) is 24.0 Å². The number of nitrogens with zero attached hydrogens (tertiary/aromatic N) is 4. The first-order valence-corrected chi connectivity index (χ1v) is 11.0. The standard InChI is InChI=1S/C26H21ClN4O3/c1-16-12-17(26(33)34)8-9-18(16)14-30-15-21-24(28-30)29(2)22-11-10-19(27)13-23(22)31(25(21)32)20-6-4-3-5-7-20/h3-13,15H,14H2,1-2H3,(H,33,34). The zero-order valence-corrected chi connectivity index (χ0v) is 19.3. The number of halogens is 1. The van der Waals surface area contributed by atoms with Crippen LogP contribution in [-0.2, 0) is 6.54 Å². The van der Waals surface area contributed by atoms with Crippen LogP contribution in [0.1, 0.15) is 31.8 Å². The molecule has 0 bridgehead atoms. The van der Waals surface area contributed by atoms with Crippen LogP contribution < -0.4 is 9.80 Å². The maximum absolute atomic E-state index is 13.8. The first-order valence-electron chi connectivity index (χ1n) is 10.7. The summed E-state index contributed by atoms with van der Waals surface area (Å²) in [5.41, 5.74) is 4.66. The topological polar surface area (TPSA) is 78.7 Å². The second-order valence-corrected chi connectivity index (χ2v) is 8.61. The molecule has 0 saturated carbocycles. The number of carboxylic acids is 1. The van der Waals surface area contributed by atoms with Crippen LogP contribution in [0.5, 0.6) is 0 Å². The highest BCUT2D eigenvalue weighted by Crippen LogP contribution is 2.43. The molecule has 0 radical (unpaired) electrons. The predicted octanol–water partition coefficient (Wildman–Crippen LogP) is 5.65. The maximum Gasteiger partial charge on any atom is 0.335 e. The fourth-order valence-corrected chi connectivity index (χ4v) is 4.37. The number of carbonyl (C=O) groups excluding carboxylic acids is 1. The third kappa shape index (κ3) is 3.70. The molecule has 1 aliphatic heterocycles. The van der Waals surface area contributed by atoms with Crippen molar-refractivity contribution in [2.75, 3.05) is 16.8 Å². The Hall–Kier alpha value is -4.10. The van der Waals surface area contributed by atoms with Crippen molar-refractivity contribution in [1.82, 2.24) is 9.78 Å². The number of fused-ring (bicyclic) bond motifs is 2. The summed E-state index contributed by atoms with van der Waals surface area (Å²) in [5, 5.41) is 14.5. The Balaban J connectivity index is 1.60. The maximum atomic E-state index is 13.8. The average Bonchev–Trinajstić information content (AvgIpc) is 3.22. The highest BCUT2D eigenvalue weighted by molar-refractivity contribution is 6.31. The summed E-state index contributed by atoms with van der Waals surface area (Å²) in [6.07, 6.45) is 1.74. The molecule has 170 valence electrons. The minimum absolute atomic E-state index is 0.210. The van der Waals surface area contributed by atoms with Crippen LogP contribution in [0.25, 0.3) is 0 Å². The van der Waals surface area contributed by atoms with Crippen LogP contribution in [0.3, 0.4) is 0 Å². The number of aryl methyl sites for hydroxylation is 1. The number of carbonyl (C=O) groups is 2. The number of hydrogen-bond acceptors (Lipinski definition) is 4. The summed E-state index contributed by atoms with van der Waals surface area (Å²) < 4.78 is 1.71. The Bertz CT molecular complexity index is 1430. The lowest BCUT2D eigenvalue weighted by molar-refractivity contribution is 0.0696.